The number of rotatable bonds is 7. The highest BCUT2D eigenvalue weighted by atomic mass is 16.4. The van der Waals surface area contributed by atoms with Crippen LogP contribution >= 0.6 is 0 Å². The highest BCUT2D eigenvalue weighted by Gasteiger charge is 2.39. The SMILES string of the molecule is C=C(C)C(=O)[C@@H](C(N)=O)[C@@H](O)[C@H](O)[C@H](O)CO. The lowest BCUT2D eigenvalue weighted by Crippen LogP contribution is -2.50. The molecular weight excluding hydrogens is 230 g/mol. The third kappa shape index (κ3) is 3.90. The summed E-state index contributed by atoms with van der Waals surface area (Å²) in [6, 6.07) is 0. The van der Waals surface area contributed by atoms with E-state index in [0.717, 1.165) is 0 Å². The molecule has 0 aromatic heterocycles. The topological polar surface area (TPSA) is 141 Å². The Morgan fingerprint density at radius 2 is 1.71 bits per heavy atom. The van der Waals surface area contributed by atoms with Crippen molar-refractivity contribution in [2.75, 3.05) is 6.61 Å². The van der Waals surface area contributed by atoms with E-state index < -0.39 is 42.5 Å². The molecule has 0 heterocycles. The number of hydrogen-bond donors (Lipinski definition) is 5. The van der Waals surface area contributed by atoms with Crippen LogP contribution in [0.3, 0.4) is 0 Å². The molecule has 7 heteroatoms. The molecule has 0 aliphatic rings. The summed E-state index contributed by atoms with van der Waals surface area (Å²) in [4.78, 5) is 22.6. The van der Waals surface area contributed by atoms with Crippen molar-refractivity contribution in [3.63, 3.8) is 0 Å². The van der Waals surface area contributed by atoms with Crippen LogP contribution in [0.25, 0.3) is 0 Å². The maximum atomic E-state index is 11.5. The fourth-order valence-electron chi connectivity index (χ4n) is 1.25. The molecule has 6 N–H and O–H groups in total. The van der Waals surface area contributed by atoms with Gasteiger partial charge in [-0.15, -0.1) is 0 Å². The molecule has 98 valence electrons. The van der Waals surface area contributed by atoms with Crippen molar-refractivity contribution in [1.82, 2.24) is 0 Å². The number of Topliss-reactive ketones (excluding diaryl/α,β-unsaturated/α-hetero) is 1. The van der Waals surface area contributed by atoms with Gasteiger partial charge in [0.2, 0.25) is 5.91 Å². The maximum absolute atomic E-state index is 11.5. The summed E-state index contributed by atoms with van der Waals surface area (Å²) in [5.74, 6) is -3.67. The van der Waals surface area contributed by atoms with Crippen molar-refractivity contribution < 1.29 is 30.0 Å². The monoisotopic (exact) mass is 247 g/mol. The minimum absolute atomic E-state index is 0.0152. The van der Waals surface area contributed by atoms with Crippen molar-refractivity contribution >= 4 is 11.7 Å². The van der Waals surface area contributed by atoms with Crippen molar-refractivity contribution in [2.24, 2.45) is 11.7 Å². The van der Waals surface area contributed by atoms with Gasteiger partial charge in [0.05, 0.1) is 6.61 Å². The van der Waals surface area contributed by atoms with E-state index >= 15 is 0 Å². The molecule has 0 saturated carbocycles. The average molecular weight is 247 g/mol. The molecule has 0 radical (unpaired) electrons. The highest BCUT2D eigenvalue weighted by molar-refractivity contribution is 6.09. The quantitative estimate of drug-likeness (QED) is 0.245. The van der Waals surface area contributed by atoms with Crippen molar-refractivity contribution in [3.8, 4) is 0 Å². The Hall–Kier alpha value is -1.28. The second-order valence-electron chi connectivity index (χ2n) is 3.76. The lowest BCUT2D eigenvalue weighted by atomic mass is 9.88. The summed E-state index contributed by atoms with van der Waals surface area (Å²) >= 11 is 0. The number of allylic oxidation sites excluding steroid dienone is 1. The van der Waals surface area contributed by atoms with Crippen LogP contribution in [0.1, 0.15) is 6.92 Å². The summed E-state index contributed by atoms with van der Waals surface area (Å²) in [7, 11) is 0. The van der Waals surface area contributed by atoms with Crippen LogP contribution in [0.4, 0.5) is 0 Å². The predicted molar refractivity (Wildman–Crippen MR) is 57.6 cm³/mol. The van der Waals surface area contributed by atoms with Crippen LogP contribution in [-0.4, -0.2) is 57.0 Å². The molecule has 0 aromatic rings. The normalized spacial score (nSPS) is 17.9. The van der Waals surface area contributed by atoms with Gasteiger partial charge in [-0.1, -0.05) is 6.58 Å². The van der Waals surface area contributed by atoms with Crippen LogP contribution < -0.4 is 5.73 Å². The lowest BCUT2D eigenvalue weighted by Gasteiger charge is -2.26. The number of aliphatic hydroxyl groups excluding tert-OH is 4. The average Bonchev–Trinajstić information content (AvgIpc) is 2.26. The van der Waals surface area contributed by atoms with Gasteiger partial charge < -0.3 is 26.2 Å². The van der Waals surface area contributed by atoms with E-state index in [1.165, 1.54) is 6.92 Å². The van der Waals surface area contributed by atoms with E-state index in [0.29, 0.717) is 0 Å². The minimum atomic E-state index is -1.90. The zero-order valence-corrected chi connectivity index (χ0v) is 9.41. The first-order chi connectivity index (χ1) is 7.73. The number of carbonyl (C=O) groups is 2. The first kappa shape index (κ1) is 15.7. The summed E-state index contributed by atoms with van der Waals surface area (Å²) < 4.78 is 0. The molecule has 0 rings (SSSR count). The Morgan fingerprint density at radius 1 is 1.24 bits per heavy atom. The summed E-state index contributed by atoms with van der Waals surface area (Å²) in [6.45, 7) is 3.79. The number of primary amides is 1. The highest BCUT2D eigenvalue weighted by Crippen LogP contribution is 2.15. The largest absolute Gasteiger partial charge is 0.394 e. The Balaban J connectivity index is 5.02. The zero-order chi connectivity index (χ0) is 13.7. The van der Waals surface area contributed by atoms with Gasteiger partial charge in [0.25, 0.3) is 0 Å². The van der Waals surface area contributed by atoms with Gasteiger partial charge in [-0.05, 0) is 12.5 Å². The minimum Gasteiger partial charge on any atom is -0.394 e. The number of hydrogen-bond acceptors (Lipinski definition) is 6. The molecule has 0 unspecified atom stereocenters. The first-order valence-corrected chi connectivity index (χ1v) is 4.88. The van der Waals surface area contributed by atoms with E-state index in [-0.39, 0.29) is 5.57 Å². The van der Waals surface area contributed by atoms with Crippen LogP contribution in [0, 0.1) is 5.92 Å². The molecule has 0 spiro atoms. The van der Waals surface area contributed by atoms with Gasteiger partial charge >= 0.3 is 0 Å². The number of amides is 1. The molecule has 0 aliphatic heterocycles. The van der Waals surface area contributed by atoms with Crippen LogP contribution in [0.2, 0.25) is 0 Å². The molecule has 0 aliphatic carbocycles. The molecule has 4 atom stereocenters. The second-order valence-corrected chi connectivity index (χ2v) is 3.76. The van der Waals surface area contributed by atoms with Gasteiger partial charge in [0.1, 0.15) is 24.2 Å². The molecule has 17 heavy (non-hydrogen) atoms. The van der Waals surface area contributed by atoms with E-state index in [2.05, 4.69) is 6.58 Å². The Morgan fingerprint density at radius 3 is 2.00 bits per heavy atom. The third-order valence-electron chi connectivity index (χ3n) is 2.28. The van der Waals surface area contributed by atoms with E-state index in [1.807, 2.05) is 0 Å². The number of nitrogens with two attached hydrogens (primary N) is 1. The smallest absolute Gasteiger partial charge is 0.231 e. The summed E-state index contributed by atoms with van der Waals surface area (Å²) in [5, 5.41) is 36.7. The number of aliphatic hydroxyl groups is 4. The lowest BCUT2D eigenvalue weighted by molar-refractivity contribution is -0.144. The predicted octanol–water partition coefficient (Wildman–Crippen LogP) is -2.69. The number of ketones is 1. The fourth-order valence-corrected chi connectivity index (χ4v) is 1.25. The third-order valence-corrected chi connectivity index (χ3v) is 2.28. The molecule has 7 nitrogen and oxygen atoms in total. The molecule has 0 aromatic carbocycles. The molecular formula is C10H17NO6. The molecule has 0 fully saturated rings. The van der Waals surface area contributed by atoms with Crippen molar-refractivity contribution in [3.05, 3.63) is 12.2 Å². The van der Waals surface area contributed by atoms with Gasteiger partial charge in [0, 0.05) is 0 Å². The van der Waals surface area contributed by atoms with Crippen molar-refractivity contribution in [1.29, 1.82) is 0 Å². The van der Waals surface area contributed by atoms with Gasteiger partial charge in [0.15, 0.2) is 5.78 Å². The molecule has 0 bridgehead atoms. The van der Waals surface area contributed by atoms with Gasteiger partial charge in [-0.3, -0.25) is 9.59 Å². The molecule has 1 amide bonds. The fraction of sp³-hybridized carbons (Fsp3) is 0.600. The van der Waals surface area contributed by atoms with E-state index in [9.17, 15) is 19.8 Å². The first-order valence-electron chi connectivity index (χ1n) is 4.88. The van der Waals surface area contributed by atoms with Crippen LogP contribution in [0.15, 0.2) is 12.2 Å². The molecule has 0 saturated heterocycles. The summed E-state index contributed by atoms with van der Waals surface area (Å²) in [5.41, 5.74) is 4.92. The van der Waals surface area contributed by atoms with Gasteiger partial charge in [-0.2, -0.15) is 0 Å². The maximum Gasteiger partial charge on any atom is 0.231 e. The van der Waals surface area contributed by atoms with Crippen molar-refractivity contribution in [2.45, 2.75) is 25.2 Å². The Labute approximate surface area is 98.2 Å². The van der Waals surface area contributed by atoms with Crippen LogP contribution in [0.5, 0.6) is 0 Å². The van der Waals surface area contributed by atoms with E-state index in [1.54, 1.807) is 0 Å². The Kier molecular flexibility index (Phi) is 5.97. The van der Waals surface area contributed by atoms with E-state index in [4.69, 9.17) is 15.9 Å². The number of carbonyl (C=O) groups excluding carboxylic acids is 2. The second kappa shape index (κ2) is 6.45. The standard InChI is InChI=1S/C10H17NO6/c1-4(2)7(14)6(10(11)17)9(16)8(15)5(13)3-12/h5-6,8-9,12-13,15-16H,1,3H2,2H3,(H2,11,17)/t5-,6-,8-,9-/m1/s1. The zero-order valence-electron chi connectivity index (χ0n) is 9.41. The summed E-state index contributed by atoms with van der Waals surface area (Å²) in [6.07, 6.45) is -5.44. The van der Waals surface area contributed by atoms with Gasteiger partial charge in [-0.25, -0.2) is 0 Å². The van der Waals surface area contributed by atoms with Crippen LogP contribution in [-0.2, 0) is 9.59 Å². The Bertz CT molecular complexity index is 316.